The number of hydrogen-bond donors (Lipinski definition) is 3. The highest BCUT2D eigenvalue weighted by Gasteiger charge is 2.28. The summed E-state index contributed by atoms with van der Waals surface area (Å²) in [5, 5.41) is 9.58. The molecule has 0 aromatic carbocycles. The van der Waals surface area contributed by atoms with E-state index in [0.29, 0.717) is 18.2 Å². The number of rotatable bonds is 3. The third-order valence-corrected chi connectivity index (χ3v) is 4.81. The van der Waals surface area contributed by atoms with E-state index in [1.807, 2.05) is 0 Å². The summed E-state index contributed by atoms with van der Waals surface area (Å²) >= 11 is 0. The smallest absolute Gasteiger partial charge is 0.244 e. The van der Waals surface area contributed by atoms with Crippen molar-refractivity contribution in [3.05, 3.63) is 11.9 Å². The average molecular weight is 295 g/mol. The van der Waals surface area contributed by atoms with E-state index in [9.17, 15) is 8.42 Å². The molecule has 0 radical (unpaired) electrons. The topological polar surface area (TPSA) is 86.9 Å². The monoisotopic (exact) mass is 294 g/mol. The second-order valence-corrected chi connectivity index (χ2v) is 6.24. The van der Waals surface area contributed by atoms with Gasteiger partial charge < -0.3 is 5.32 Å². The van der Waals surface area contributed by atoms with Crippen molar-refractivity contribution < 1.29 is 8.42 Å². The van der Waals surface area contributed by atoms with E-state index in [0.717, 1.165) is 13.0 Å². The van der Waals surface area contributed by atoms with Crippen LogP contribution in [0.4, 0.5) is 0 Å². The van der Waals surface area contributed by atoms with Gasteiger partial charge in [0, 0.05) is 12.6 Å². The molecular weight excluding hydrogens is 276 g/mol. The van der Waals surface area contributed by atoms with Crippen LogP contribution >= 0.6 is 12.4 Å². The van der Waals surface area contributed by atoms with Gasteiger partial charge in [0.15, 0.2) is 0 Å². The number of piperidine rings is 1. The number of hydrogen-bond acceptors (Lipinski definition) is 4. The van der Waals surface area contributed by atoms with Crippen LogP contribution in [0.1, 0.15) is 19.0 Å². The first-order valence-corrected chi connectivity index (χ1v) is 7.22. The molecule has 3 N–H and O–H groups in total. The summed E-state index contributed by atoms with van der Waals surface area (Å²) in [6.45, 7) is 5.39. The van der Waals surface area contributed by atoms with Gasteiger partial charge in [-0.05, 0) is 25.8 Å². The number of aromatic amines is 1. The minimum absolute atomic E-state index is 0. The fraction of sp³-hybridized carbons (Fsp3) is 0.700. The van der Waals surface area contributed by atoms with E-state index in [1.54, 1.807) is 6.92 Å². The third kappa shape index (κ3) is 3.23. The lowest BCUT2D eigenvalue weighted by Gasteiger charge is -2.29. The van der Waals surface area contributed by atoms with Crippen LogP contribution in [0.25, 0.3) is 0 Å². The number of aryl methyl sites for hydroxylation is 1. The molecule has 2 heterocycles. The summed E-state index contributed by atoms with van der Waals surface area (Å²) < 4.78 is 27.0. The predicted molar refractivity (Wildman–Crippen MR) is 71.3 cm³/mol. The van der Waals surface area contributed by atoms with Gasteiger partial charge in [-0.2, -0.15) is 5.10 Å². The van der Waals surface area contributed by atoms with Crippen molar-refractivity contribution in [1.82, 2.24) is 20.2 Å². The number of sulfonamides is 1. The van der Waals surface area contributed by atoms with E-state index in [4.69, 9.17) is 0 Å². The van der Waals surface area contributed by atoms with Gasteiger partial charge in [-0.1, -0.05) is 6.92 Å². The van der Waals surface area contributed by atoms with Crippen molar-refractivity contribution in [2.24, 2.45) is 5.92 Å². The first-order chi connectivity index (χ1) is 8.00. The molecule has 0 amide bonds. The van der Waals surface area contributed by atoms with E-state index in [2.05, 4.69) is 27.2 Å². The Balaban J connectivity index is 0.00000162. The Hall–Kier alpha value is -0.630. The second-order valence-electron chi connectivity index (χ2n) is 4.56. The zero-order valence-electron chi connectivity index (χ0n) is 10.4. The summed E-state index contributed by atoms with van der Waals surface area (Å²) in [5.74, 6) is 0.346. The molecule has 1 fully saturated rings. The molecule has 1 aromatic heterocycles. The predicted octanol–water partition coefficient (Wildman–Crippen LogP) is 0.416. The Morgan fingerprint density at radius 1 is 1.50 bits per heavy atom. The Morgan fingerprint density at radius 3 is 2.78 bits per heavy atom. The Labute approximate surface area is 113 Å². The molecule has 2 rings (SSSR count). The lowest BCUT2D eigenvalue weighted by Crippen LogP contribution is -2.50. The number of aromatic nitrogens is 2. The normalized spacial score (nSPS) is 24.6. The van der Waals surface area contributed by atoms with Crippen molar-refractivity contribution in [1.29, 1.82) is 0 Å². The molecule has 1 aromatic rings. The molecule has 6 nitrogen and oxygen atoms in total. The van der Waals surface area contributed by atoms with E-state index in [-0.39, 0.29) is 23.3 Å². The van der Waals surface area contributed by atoms with Crippen LogP contribution in [0, 0.1) is 12.8 Å². The Morgan fingerprint density at radius 2 is 2.22 bits per heavy atom. The van der Waals surface area contributed by atoms with Crippen molar-refractivity contribution in [3.8, 4) is 0 Å². The maximum absolute atomic E-state index is 12.1. The molecule has 18 heavy (non-hydrogen) atoms. The molecule has 1 aliphatic heterocycles. The summed E-state index contributed by atoms with van der Waals surface area (Å²) in [5.41, 5.74) is 0.564. The quantitative estimate of drug-likeness (QED) is 0.754. The number of halogens is 1. The summed E-state index contributed by atoms with van der Waals surface area (Å²) in [7, 11) is -3.46. The standard InChI is InChI=1S/C10H18N4O2S.ClH/c1-7-3-4-11-5-9(7)14-17(15,16)10-6-12-13-8(10)2;/h6-7,9,11,14H,3-5H2,1-2H3,(H,12,13);1H. The third-order valence-electron chi connectivity index (χ3n) is 3.21. The fourth-order valence-corrected chi connectivity index (χ4v) is 3.50. The van der Waals surface area contributed by atoms with Crippen LogP contribution in [0.15, 0.2) is 11.1 Å². The zero-order valence-corrected chi connectivity index (χ0v) is 12.1. The van der Waals surface area contributed by atoms with Gasteiger partial charge in [0.2, 0.25) is 10.0 Å². The summed E-state index contributed by atoms with van der Waals surface area (Å²) in [6, 6.07) is -0.0527. The zero-order chi connectivity index (χ0) is 12.5. The first-order valence-electron chi connectivity index (χ1n) is 5.74. The minimum Gasteiger partial charge on any atom is -0.315 e. The van der Waals surface area contributed by atoms with Gasteiger partial charge in [-0.3, -0.25) is 5.10 Å². The lowest BCUT2D eigenvalue weighted by molar-refractivity contribution is 0.327. The molecule has 0 bridgehead atoms. The van der Waals surface area contributed by atoms with Crippen LogP contribution in [-0.4, -0.2) is 37.7 Å². The van der Waals surface area contributed by atoms with Crippen LogP contribution in [0.5, 0.6) is 0 Å². The van der Waals surface area contributed by atoms with Crippen LogP contribution < -0.4 is 10.0 Å². The number of H-pyrrole nitrogens is 1. The van der Waals surface area contributed by atoms with Crippen LogP contribution in [0.3, 0.4) is 0 Å². The Kier molecular flexibility index (Phi) is 5.15. The van der Waals surface area contributed by atoms with Crippen molar-refractivity contribution in [2.75, 3.05) is 13.1 Å². The van der Waals surface area contributed by atoms with Gasteiger partial charge in [0.1, 0.15) is 4.90 Å². The molecule has 0 spiro atoms. The van der Waals surface area contributed by atoms with Crippen molar-refractivity contribution in [2.45, 2.75) is 31.2 Å². The molecule has 104 valence electrons. The molecule has 1 saturated heterocycles. The highest BCUT2D eigenvalue weighted by atomic mass is 35.5. The summed E-state index contributed by atoms with van der Waals surface area (Å²) in [4.78, 5) is 0.232. The SMILES string of the molecule is Cc1[nH]ncc1S(=O)(=O)NC1CNCCC1C.Cl. The minimum atomic E-state index is -3.46. The average Bonchev–Trinajstić information content (AvgIpc) is 2.68. The van der Waals surface area contributed by atoms with Gasteiger partial charge in [-0.15, -0.1) is 12.4 Å². The van der Waals surface area contributed by atoms with Gasteiger partial charge >= 0.3 is 0 Å². The van der Waals surface area contributed by atoms with E-state index < -0.39 is 10.0 Å². The maximum Gasteiger partial charge on any atom is 0.244 e. The highest BCUT2D eigenvalue weighted by Crippen LogP contribution is 2.16. The molecule has 1 aliphatic rings. The first kappa shape index (κ1) is 15.4. The fourth-order valence-electron chi connectivity index (χ4n) is 2.02. The van der Waals surface area contributed by atoms with Crippen molar-refractivity contribution >= 4 is 22.4 Å². The second kappa shape index (κ2) is 6.01. The molecule has 2 atom stereocenters. The highest BCUT2D eigenvalue weighted by molar-refractivity contribution is 7.89. The molecule has 8 heteroatoms. The molecule has 2 unspecified atom stereocenters. The van der Waals surface area contributed by atoms with Crippen molar-refractivity contribution in [3.63, 3.8) is 0 Å². The summed E-state index contributed by atoms with van der Waals surface area (Å²) in [6.07, 6.45) is 2.33. The Bertz CT molecular complexity index is 488. The molecular formula is C10H19ClN4O2S. The lowest BCUT2D eigenvalue weighted by atomic mass is 9.96. The van der Waals surface area contributed by atoms with Gasteiger partial charge in [0.25, 0.3) is 0 Å². The van der Waals surface area contributed by atoms with E-state index in [1.165, 1.54) is 6.20 Å². The van der Waals surface area contributed by atoms with Crippen LogP contribution in [0.2, 0.25) is 0 Å². The van der Waals surface area contributed by atoms with Gasteiger partial charge in [0.05, 0.1) is 11.9 Å². The van der Waals surface area contributed by atoms with E-state index >= 15 is 0 Å². The molecule has 0 saturated carbocycles. The number of nitrogens with zero attached hydrogens (tertiary/aromatic N) is 1. The van der Waals surface area contributed by atoms with Crippen LogP contribution in [-0.2, 0) is 10.0 Å². The largest absolute Gasteiger partial charge is 0.315 e. The maximum atomic E-state index is 12.1. The number of nitrogens with one attached hydrogen (secondary N) is 3. The van der Waals surface area contributed by atoms with Gasteiger partial charge in [-0.25, -0.2) is 13.1 Å². The molecule has 0 aliphatic carbocycles.